The van der Waals surface area contributed by atoms with Crippen LogP contribution in [0.2, 0.25) is 0 Å². The highest BCUT2D eigenvalue weighted by Crippen LogP contribution is 2.44. The van der Waals surface area contributed by atoms with Crippen molar-refractivity contribution in [1.82, 2.24) is 0 Å². The van der Waals surface area contributed by atoms with E-state index in [0.29, 0.717) is 13.0 Å². The number of hydrogen-bond acceptors (Lipinski definition) is 3. The van der Waals surface area contributed by atoms with Crippen LogP contribution in [0.15, 0.2) is 48.5 Å². The first kappa shape index (κ1) is 20.6. The van der Waals surface area contributed by atoms with Crippen LogP contribution >= 0.6 is 0 Å². The first-order valence-electron chi connectivity index (χ1n) is 10.8. The van der Waals surface area contributed by atoms with Gasteiger partial charge < -0.3 is 10.5 Å². The molecule has 0 unspecified atom stereocenters. The molecule has 0 saturated heterocycles. The van der Waals surface area contributed by atoms with Crippen LogP contribution in [0.5, 0.6) is 0 Å². The summed E-state index contributed by atoms with van der Waals surface area (Å²) in [7, 11) is 0. The van der Waals surface area contributed by atoms with E-state index in [0.717, 1.165) is 25.8 Å². The number of esters is 1. The minimum Gasteiger partial charge on any atom is -0.465 e. The Hall–Kier alpha value is -2.13. The number of fused-ring (bicyclic) bond motifs is 3. The summed E-state index contributed by atoms with van der Waals surface area (Å²) in [6, 6.07) is 16.9. The Morgan fingerprint density at radius 1 is 0.750 bits per heavy atom. The first-order chi connectivity index (χ1) is 13.8. The van der Waals surface area contributed by atoms with Crippen molar-refractivity contribution in [3.8, 4) is 11.1 Å². The van der Waals surface area contributed by atoms with Crippen LogP contribution in [-0.2, 0) is 9.53 Å². The van der Waals surface area contributed by atoms with Gasteiger partial charge in [0.2, 0.25) is 0 Å². The molecule has 0 heterocycles. The van der Waals surface area contributed by atoms with Crippen molar-refractivity contribution in [2.45, 2.75) is 63.7 Å². The number of carbonyl (C=O) groups excluding carboxylic acids is 1. The molecule has 3 heteroatoms. The summed E-state index contributed by atoms with van der Waals surface area (Å²) in [4.78, 5) is 12.2. The Morgan fingerprint density at radius 2 is 1.25 bits per heavy atom. The Kier molecular flexibility index (Phi) is 8.10. The van der Waals surface area contributed by atoms with E-state index >= 15 is 0 Å². The van der Waals surface area contributed by atoms with E-state index in [2.05, 4.69) is 48.5 Å². The molecule has 2 aromatic carbocycles. The molecule has 28 heavy (non-hydrogen) atoms. The molecule has 0 spiro atoms. The third-order valence-electron chi connectivity index (χ3n) is 5.71. The first-order valence-corrected chi connectivity index (χ1v) is 10.8. The van der Waals surface area contributed by atoms with Crippen molar-refractivity contribution >= 4 is 5.97 Å². The highest BCUT2D eigenvalue weighted by Gasteiger charge is 2.28. The van der Waals surface area contributed by atoms with Crippen molar-refractivity contribution in [2.75, 3.05) is 13.2 Å². The van der Waals surface area contributed by atoms with Crippen molar-refractivity contribution in [3.63, 3.8) is 0 Å². The fourth-order valence-electron chi connectivity index (χ4n) is 4.16. The lowest BCUT2D eigenvalue weighted by molar-refractivity contribution is -0.144. The molecule has 150 valence electrons. The van der Waals surface area contributed by atoms with Gasteiger partial charge in [-0.3, -0.25) is 4.79 Å². The molecular formula is C25H33NO2. The zero-order valence-corrected chi connectivity index (χ0v) is 16.9. The lowest BCUT2D eigenvalue weighted by Gasteiger charge is -2.14. The molecule has 0 fully saturated rings. The molecule has 0 saturated carbocycles. The molecule has 0 atom stereocenters. The van der Waals surface area contributed by atoms with Crippen LogP contribution in [0, 0.1) is 0 Å². The van der Waals surface area contributed by atoms with E-state index in [4.69, 9.17) is 10.5 Å². The van der Waals surface area contributed by atoms with Crippen molar-refractivity contribution in [2.24, 2.45) is 5.73 Å². The predicted molar refractivity (Wildman–Crippen MR) is 115 cm³/mol. The number of unbranched alkanes of at least 4 members (excludes halogenated alkanes) is 7. The Labute approximate surface area is 169 Å². The van der Waals surface area contributed by atoms with Crippen LogP contribution in [0.1, 0.15) is 74.8 Å². The maximum atomic E-state index is 12.2. The number of carbonyl (C=O) groups is 1. The van der Waals surface area contributed by atoms with Crippen molar-refractivity contribution in [3.05, 3.63) is 59.7 Å². The van der Waals surface area contributed by atoms with E-state index in [1.807, 2.05) is 0 Å². The Morgan fingerprint density at radius 3 is 1.82 bits per heavy atom. The van der Waals surface area contributed by atoms with Crippen LogP contribution in [0.3, 0.4) is 0 Å². The average Bonchev–Trinajstić information content (AvgIpc) is 3.05. The van der Waals surface area contributed by atoms with Crippen LogP contribution in [-0.4, -0.2) is 19.1 Å². The van der Waals surface area contributed by atoms with Crippen LogP contribution < -0.4 is 5.73 Å². The monoisotopic (exact) mass is 379 g/mol. The summed E-state index contributed by atoms with van der Waals surface area (Å²) in [5.41, 5.74) is 10.6. The third kappa shape index (κ3) is 5.45. The van der Waals surface area contributed by atoms with E-state index in [1.165, 1.54) is 54.4 Å². The minimum absolute atomic E-state index is 0.0650. The van der Waals surface area contributed by atoms with Crippen LogP contribution in [0.4, 0.5) is 0 Å². The molecule has 3 rings (SSSR count). The minimum atomic E-state index is -0.0650. The van der Waals surface area contributed by atoms with Gasteiger partial charge in [-0.25, -0.2) is 0 Å². The molecular weight excluding hydrogens is 346 g/mol. The molecule has 0 bridgehead atoms. The van der Waals surface area contributed by atoms with Gasteiger partial charge in [0.15, 0.2) is 0 Å². The van der Waals surface area contributed by atoms with Gasteiger partial charge in [-0.2, -0.15) is 0 Å². The quantitative estimate of drug-likeness (QED) is 0.374. The number of nitrogens with two attached hydrogens (primary N) is 1. The maximum absolute atomic E-state index is 12.2. The van der Waals surface area contributed by atoms with Crippen molar-refractivity contribution in [1.29, 1.82) is 0 Å². The molecule has 0 aliphatic heterocycles. The SMILES string of the molecule is NCCCCCCCCCCC(=O)OCC1c2ccccc2-c2ccccc21. The summed E-state index contributed by atoms with van der Waals surface area (Å²) in [5, 5.41) is 0. The molecule has 1 aliphatic rings. The summed E-state index contributed by atoms with van der Waals surface area (Å²) in [6.07, 6.45) is 9.99. The second-order valence-electron chi connectivity index (χ2n) is 7.78. The molecule has 2 aromatic rings. The van der Waals surface area contributed by atoms with E-state index in [1.54, 1.807) is 0 Å². The van der Waals surface area contributed by atoms with Gasteiger partial charge in [-0.1, -0.05) is 87.1 Å². The number of ether oxygens (including phenoxy) is 1. The number of hydrogen-bond donors (Lipinski definition) is 1. The topological polar surface area (TPSA) is 52.3 Å². The van der Waals surface area contributed by atoms with E-state index in [-0.39, 0.29) is 11.9 Å². The molecule has 2 N–H and O–H groups in total. The molecule has 3 nitrogen and oxygen atoms in total. The predicted octanol–water partition coefficient (Wildman–Crippen LogP) is 5.81. The summed E-state index contributed by atoms with van der Waals surface area (Å²) >= 11 is 0. The highest BCUT2D eigenvalue weighted by molar-refractivity contribution is 5.79. The van der Waals surface area contributed by atoms with Crippen molar-refractivity contribution < 1.29 is 9.53 Å². The normalized spacial score (nSPS) is 12.6. The van der Waals surface area contributed by atoms with Gasteiger partial charge >= 0.3 is 5.97 Å². The second kappa shape index (κ2) is 11.0. The molecule has 1 aliphatic carbocycles. The highest BCUT2D eigenvalue weighted by atomic mass is 16.5. The lowest BCUT2D eigenvalue weighted by atomic mass is 9.98. The van der Waals surface area contributed by atoms with Crippen LogP contribution in [0.25, 0.3) is 11.1 Å². The Balaban J connectivity index is 1.37. The van der Waals surface area contributed by atoms with Gasteiger partial charge in [0, 0.05) is 12.3 Å². The molecule has 0 radical (unpaired) electrons. The van der Waals surface area contributed by atoms with Gasteiger partial charge in [0.05, 0.1) is 0 Å². The Bertz CT molecular complexity index is 710. The van der Waals surface area contributed by atoms with E-state index < -0.39 is 0 Å². The molecule has 0 aromatic heterocycles. The number of rotatable bonds is 12. The third-order valence-corrected chi connectivity index (χ3v) is 5.71. The summed E-state index contributed by atoms with van der Waals surface area (Å²) < 4.78 is 5.66. The molecule has 0 amide bonds. The van der Waals surface area contributed by atoms with Gasteiger partial charge in [0.25, 0.3) is 0 Å². The van der Waals surface area contributed by atoms with Gasteiger partial charge in [-0.05, 0) is 41.6 Å². The summed E-state index contributed by atoms with van der Waals surface area (Å²) in [6.45, 7) is 1.24. The zero-order chi connectivity index (χ0) is 19.6. The largest absolute Gasteiger partial charge is 0.465 e. The van der Waals surface area contributed by atoms with E-state index in [9.17, 15) is 4.79 Å². The zero-order valence-electron chi connectivity index (χ0n) is 16.9. The second-order valence-corrected chi connectivity index (χ2v) is 7.78. The van der Waals surface area contributed by atoms with Gasteiger partial charge in [-0.15, -0.1) is 0 Å². The average molecular weight is 380 g/mol. The fourth-order valence-corrected chi connectivity index (χ4v) is 4.16. The lowest BCUT2D eigenvalue weighted by Crippen LogP contribution is -2.12. The maximum Gasteiger partial charge on any atom is 0.305 e. The fraction of sp³-hybridized carbons (Fsp3) is 0.480. The number of benzene rings is 2. The standard InChI is InChI=1S/C25H33NO2/c26-18-12-6-4-2-1-3-5-7-17-25(27)28-19-24-22-15-10-8-13-20(22)21-14-9-11-16-23(21)24/h8-11,13-16,24H,1-7,12,17-19,26H2. The van der Waals surface area contributed by atoms with Gasteiger partial charge in [0.1, 0.15) is 6.61 Å². The summed E-state index contributed by atoms with van der Waals surface area (Å²) in [5.74, 6) is 0.0923. The smallest absolute Gasteiger partial charge is 0.305 e.